The Hall–Kier alpha value is -2.87. The SMILES string of the molecule is CC(=O)O[C@@H](c1ccccc1)[C@H]1COC(=O)N1S(=O)(=O)c1ccc(C)cc1. The van der Waals surface area contributed by atoms with Gasteiger partial charge in [0.25, 0.3) is 10.0 Å². The van der Waals surface area contributed by atoms with E-state index < -0.39 is 34.2 Å². The largest absolute Gasteiger partial charge is 0.455 e. The summed E-state index contributed by atoms with van der Waals surface area (Å²) in [5.74, 6) is -0.587. The lowest BCUT2D eigenvalue weighted by atomic mass is 10.0. The highest BCUT2D eigenvalue weighted by atomic mass is 32.2. The van der Waals surface area contributed by atoms with Gasteiger partial charge in [0, 0.05) is 6.92 Å². The van der Waals surface area contributed by atoms with Gasteiger partial charge in [0.15, 0.2) is 6.10 Å². The van der Waals surface area contributed by atoms with Crippen molar-refractivity contribution in [2.45, 2.75) is 30.9 Å². The molecule has 0 bridgehead atoms. The quantitative estimate of drug-likeness (QED) is 0.731. The van der Waals surface area contributed by atoms with Crippen LogP contribution in [0.4, 0.5) is 4.79 Å². The first kappa shape index (κ1) is 18.9. The fourth-order valence-corrected chi connectivity index (χ4v) is 4.41. The highest BCUT2D eigenvalue weighted by Gasteiger charge is 2.48. The number of amides is 1. The Morgan fingerprint density at radius 2 is 1.78 bits per heavy atom. The van der Waals surface area contributed by atoms with Gasteiger partial charge in [0.05, 0.1) is 4.90 Å². The Morgan fingerprint density at radius 1 is 1.15 bits per heavy atom. The number of hydrogen-bond acceptors (Lipinski definition) is 6. The smallest absolute Gasteiger partial charge is 0.424 e. The summed E-state index contributed by atoms with van der Waals surface area (Å²) in [6.45, 7) is 2.85. The second-order valence-electron chi connectivity index (χ2n) is 6.20. The number of benzene rings is 2. The summed E-state index contributed by atoms with van der Waals surface area (Å²) in [6, 6.07) is 13.8. The van der Waals surface area contributed by atoms with Crippen molar-refractivity contribution in [1.29, 1.82) is 0 Å². The van der Waals surface area contributed by atoms with Crippen LogP contribution in [0, 0.1) is 6.92 Å². The van der Waals surface area contributed by atoms with Gasteiger partial charge in [-0.05, 0) is 24.6 Å². The summed E-state index contributed by atoms with van der Waals surface area (Å²) in [6.07, 6.45) is -1.97. The molecule has 1 heterocycles. The minimum absolute atomic E-state index is 0.0356. The molecule has 2 aromatic carbocycles. The molecule has 142 valence electrons. The van der Waals surface area contributed by atoms with Crippen molar-refractivity contribution in [2.75, 3.05) is 6.61 Å². The van der Waals surface area contributed by atoms with E-state index in [1.165, 1.54) is 19.1 Å². The van der Waals surface area contributed by atoms with E-state index in [1.54, 1.807) is 42.5 Å². The molecule has 0 saturated carbocycles. The van der Waals surface area contributed by atoms with E-state index in [1.807, 2.05) is 6.92 Å². The van der Waals surface area contributed by atoms with Gasteiger partial charge in [-0.3, -0.25) is 4.79 Å². The van der Waals surface area contributed by atoms with Crippen molar-refractivity contribution in [1.82, 2.24) is 4.31 Å². The van der Waals surface area contributed by atoms with Crippen molar-refractivity contribution in [3.05, 3.63) is 65.7 Å². The van der Waals surface area contributed by atoms with E-state index in [0.29, 0.717) is 9.87 Å². The number of carbonyl (C=O) groups excluding carboxylic acids is 2. The van der Waals surface area contributed by atoms with E-state index in [4.69, 9.17) is 9.47 Å². The van der Waals surface area contributed by atoms with E-state index >= 15 is 0 Å². The van der Waals surface area contributed by atoms with Crippen molar-refractivity contribution < 1.29 is 27.5 Å². The monoisotopic (exact) mass is 389 g/mol. The predicted molar refractivity (Wildman–Crippen MR) is 96.3 cm³/mol. The maximum Gasteiger partial charge on any atom is 0.424 e. The van der Waals surface area contributed by atoms with Crippen LogP contribution in [0.25, 0.3) is 0 Å². The summed E-state index contributed by atoms with van der Waals surface area (Å²) >= 11 is 0. The molecule has 0 aromatic heterocycles. The van der Waals surface area contributed by atoms with Crippen LogP contribution in [0.2, 0.25) is 0 Å². The first-order valence-corrected chi connectivity index (χ1v) is 9.75. The molecule has 7 nitrogen and oxygen atoms in total. The van der Waals surface area contributed by atoms with Crippen LogP contribution in [-0.4, -0.2) is 37.4 Å². The molecular weight excluding hydrogens is 370 g/mol. The van der Waals surface area contributed by atoms with E-state index in [-0.39, 0.29) is 11.5 Å². The lowest BCUT2D eigenvalue weighted by Gasteiger charge is -2.28. The van der Waals surface area contributed by atoms with Crippen LogP contribution in [0.15, 0.2) is 59.5 Å². The van der Waals surface area contributed by atoms with E-state index in [9.17, 15) is 18.0 Å². The van der Waals surface area contributed by atoms with Gasteiger partial charge in [0.1, 0.15) is 12.6 Å². The van der Waals surface area contributed by atoms with Gasteiger partial charge in [0.2, 0.25) is 0 Å². The summed E-state index contributed by atoms with van der Waals surface area (Å²) < 4.78 is 37.2. The number of rotatable bonds is 5. The van der Waals surface area contributed by atoms with Gasteiger partial charge in [-0.2, -0.15) is 4.31 Å². The van der Waals surface area contributed by atoms with Crippen molar-refractivity contribution in [3.63, 3.8) is 0 Å². The average molecular weight is 389 g/mol. The summed E-state index contributed by atoms with van der Waals surface area (Å²) in [4.78, 5) is 23.9. The van der Waals surface area contributed by atoms with Crippen LogP contribution in [0.5, 0.6) is 0 Å². The number of nitrogens with zero attached hydrogens (tertiary/aromatic N) is 1. The Bertz CT molecular complexity index is 940. The fraction of sp³-hybridized carbons (Fsp3) is 0.263. The maximum atomic E-state index is 13.1. The van der Waals surface area contributed by atoms with Crippen LogP contribution < -0.4 is 0 Å². The number of carbonyl (C=O) groups is 2. The van der Waals surface area contributed by atoms with Crippen LogP contribution in [0.1, 0.15) is 24.2 Å². The minimum atomic E-state index is -4.18. The summed E-state index contributed by atoms with van der Waals surface area (Å²) in [5.41, 5.74) is 1.46. The average Bonchev–Trinajstić information content (AvgIpc) is 3.03. The molecule has 8 heteroatoms. The molecule has 1 amide bonds. The molecule has 1 saturated heterocycles. The van der Waals surface area contributed by atoms with Crippen LogP contribution in [0.3, 0.4) is 0 Å². The number of cyclic esters (lactones) is 1. The molecule has 0 radical (unpaired) electrons. The third-order valence-electron chi connectivity index (χ3n) is 4.21. The lowest BCUT2D eigenvalue weighted by Crippen LogP contribution is -2.43. The second kappa shape index (κ2) is 7.40. The lowest BCUT2D eigenvalue weighted by molar-refractivity contribution is -0.148. The van der Waals surface area contributed by atoms with Gasteiger partial charge < -0.3 is 9.47 Å². The predicted octanol–water partition coefficient (Wildman–Crippen LogP) is 2.81. The maximum absolute atomic E-state index is 13.1. The first-order valence-electron chi connectivity index (χ1n) is 8.31. The molecule has 0 N–H and O–H groups in total. The van der Waals surface area contributed by atoms with Gasteiger partial charge >= 0.3 is 12.1 Å². The van der Waals surface area contributed by atoms with Gasteiger partial charge in [-0.15, -0.1) is 0 Å². The molecule has 1 fully saturated rings. The number of ether oxygens (including phenoxy) is 2. The van der Waals surface area contributed by atoms with Crippen LogP contribution >= 0.6 is 0 Å². The van der Waals surface area contributed by atoms with Crippen molar-refractivity contribution >= 4 is 22.1 Å². The Morgan fingerprint density at radius 3 is 2.37 bits per heavy atom. The molecule has 0 aliphatic carbocycles. The molecule has 1 aliphatic heterocycles. The Labute approximate surface area is 157 Å². The Balaban J connectivity index is 2.03. The molecule has 3 rings (SSSR count). The third kappa shape index (κ3) is 3.80. The van der Waals surface area contributed by atoms with Gasteiger partial charge in [-0.1, -0.05) is 48.0 Å². The number of aryl methyl sites for hydroxylation is 1. The zero-order chi connectivity index (χ0) is 19.6. The Kier molecular flexibility index (Phi) is 5.18. The normalized spacial score (nSPS) is 18.1. The van der Waals surface area contributed by atoms with Crippen molar-refractivity contribution in [3.8, 4) is 0 Å². The van der Waals surface area contributed by atoms with Crippen molar-refractivity contribution in [2.24, 2.45) is 0 Å². The highest BCUT2D eigenvalue weighted by Crippen LogP contribution is 2.33. The summed E-state index contributed by atoms with van der Waals surface area (Å²) in [5, 5.41) is 0. The molecule has 0 unspecified atom stereocenters. The van der Waals surface area contributed by atoms with Crippen LogP contribution in [-0.2, 0) is 24.3 Å². The highest BCUT2D eigenvalue weighted by molar-refractivity contribution is 7.89. The van der Waals surface area contributed by atoms with E-state index in [2.05, 4.69) is 0 Å². The molecule has 27 heavy (non-hydrogen) atoms. The molecule has 1 aliphatic rings. The van der Waals surface area contributed by atoms with E-state index in [0.717, 1.165) is 5.56 Å². The zero-order valence-corrected chi connectivity index (χ0v) is 15.7. The molecular formula is C19H19NO6S. The number of esters is 1. The fourth-order valence-electron chi connectivity index (χ4n) is 2.92. The molecule has 0 spiro atoms. The molecule has 2 atom stereocenters. The standard InChI is InChI=1S/C19H19NO6S/c1-13-8-10-16(11-9-13)27(23,24)20-17(12-25-19(20)22)18(26-14(2)21)15-6-4-3-5-7-15/h3-11,17-18H,12H2,1-2H3/t17-,18+/m1/s1. The summed E-state index contributed by atoms with van der Waals surface area (Å²) in [7, 11) is -4.18. The third-order valence-corrected chi connectivity index (χ3v) is 6.01. The number of hydrogen-bond donors (Lipinski definition) is 0. The zero-order valence-electron chi connectivity index (χ0n) is 14.9. The minimum Gasteiger partial charge on any atom is -0.455 e. The molecule has 2 aromatic rings. The van der Waals surface area contributed by atoms with Gasteiger partial charge in [-0.25, -0.2) is 13.2 Å². The topological polar surface area (TPSA) is 90.0 Å². The number of sulfonamides is 1. The second-order valence-corrected chi connectivity index (χ2v) is 8.01. The first-order chi connectivity index (χ1) is 12.8.